The molecular formula is C25H33ClO5. The Balaban J connectivity index is 1.73. The van der Waals surface area contributed by atoms with E-state index in [1.807, 2.05) is 19.9 Å². The maximum Gasteiger partial charge on any atom is 0.306 e. The van der Waals surface area contributed by atoms with Crippen LogP contribution < -0.4 is 0 Å². The number of halogens is 1. The van der Waals surface area contributed by atoms with Crippen molar-refractivity contribution in [3.63, 3.8) is 0 Å². The van der Waals surface area contributed by atoms with E-state index < -0.39 is 17.1 Å². The van der Waals surface area contributed by atoms with E-state index in [9.17, 15) is 19.5 Å². The summed E-state index contributed by atoms with van der Waals surface area (Å²) in [7, 11) is 0. The number of hydrogen-bond donors (Lipinski definition) is 1. The minimum atomic E-state index is -1.27. The minimum Gasteiger partial charge on any atom is -0.450 e. The fourth-order valence-corrected chi connectivity index (χ4v) is 7.77. The molecule has 0 radical (unpaired) electrons. The number of hydrogen-bond acceptors (Lipinski definition) is 5. The first-order chi connectivity index (χ1) is 14.6. The molecule has 4 rings (SSSR count). The van der Waals surface area contributed by atoms with Gasteiger partial charge in [0.1, 0.15) is 0 Å². The van der Waals surface area contributed by atoms with Crippen molar-refractivity contribution >= 4 is 29.1 Å². The molecule has 170 valence electrons. The topological polar surface area (TPSA) is 80.7 Å². The van der Waals surface area contributed by atoms with Gasteiger partial charge in [-0.05, 0) is 62.5 Å². The molecule has 0 spiro atoms. The van der Waals surface area contributed by atoms with Crippen molar-refractivity contribution < 1.29 is 24.2 Å². The van der Waals surface area contributed by atoms with Crippen LogP contribution in [0.3, 0.4) is 0 Å². The number of Topliss-reactive ketones (excluding diaryl/α,β-unsaturated/α-hetero) is 1. The summed E-state index contributed by atoms with van der Waals surface area (Å²) in [5.74, 6) is -0.509. The van der Waals surface area contributed by atoms with E-state index >= 15 is 0 Å². The zero-order valence-electron chi connectivity index (χ0n) is 18.7. The standard InChI is InChI=1S/C25H33ClO5/c1-4-5-21(30)31-25(20(29)14-26)11-9-18-17-7-6-15-12-16(27)8-10-23(15,2)22(17)19(28)13-24(18,25)3/h8,10,12,17-19,22,28H,4-7,9,11,13-14H2,1-3H3/t17-,18-,19?,22+,23-,24-,25-/m0/s1. The largest absolute Gasteiger partial charge is 0.450 e. The molecule has 6 heteroatoms. The predicted molar refractivity (Wildman–Crippen MR) is 117 cm³/mol. The van der Waals surface area contributed by atoms with Gasteiger partial charge in [-0.2, -0.15) is 0 Å². The fourth-order valence-electron chi connectivity index (χ4n) is 7.55. The number of fused-ring (bicyclic) bond motifs is 5. The van der Waals surface area contributed by atoms with E-state index in [2.05, 4.69) is 6.92 Å². The zero-order valence-corrected chi connectivity index (χ0v) is 19.4. The van der Waals surface area contributed by atoms with Crippen LogP contribution in [0.1, 0.15) is 65.7 Å². The molecular weight excluding hydrogens is 416 g/mol. The molecule has 31 heavy (non-hydrogen) atoms. The van der Waals surface area contributed by atoms with Gasteiger partial charge < -0.3 is 9.84 Å². The van der Waals surface area contributed by atoms with E-state index in [1.165, 1.54) is 0 Å². The summed E-state index contributed by atoms with van der Waals surface area (Å²) in [5.41, 5.74) is -1.20. The van der Waals surface area contributed by atoms with Crippen LogP contribution in [0.25, 0.3) is 0 Å². The number of esters is 1. The molecule has 4 aliphatic carbocycles. The van der Waals surface area contributed by atoms with Crippen molar-refractivity contribution in [2.24, 2.45) is 28.6 Å². The lowest BCUT2D eigenvalue weighted by Crippen LogP contribution is -2.62. The summed E-state index contributed by atoms with van der Waals surface area (Å²) in [6.07, 6.45) is 8.85. The summed E-state index contributed by atoms with van der Waals surface area (Å²) >= 11 is 6.02. The van der Waals surface area contributed by atoms with E-state index in [-0.39, 0.29) is 53.0 Å². The number of aliphatic hydroxyl groups is 1. The molecule has 5 nitrogen and oxygen atoms in total. The highest BCUT2D eigenvalue weighted by atomic mass is 35.5. The van der Waals surface area contributed by atoms with Crippen molar-refractivity contribution in [3.05, 3.63) is 23.8 Å². The van der Waals surface area contributed by atoms with Gasteiger partial charge in [-0.3, -0.25) is 14.4 Å². The maximum absolute atomic E-state index is 13.2. The lowest BCUT2D eigenvalue weighted by molar-refractivity contribution is -0.197. The Bertz CT molecular complexity index is 862. The Hall–Kier alpha value is -1.46. The van der Waals surface area contributed by atoms with Crippen molar-refractivity contribution in [1.82, 2.24) is 0 Å². The second-order valence-corrected chi connectivity index (χ2v) is 10.6. The molecule has 3 saturated carbocycles. The van der Waals surface area contributed by atoms with Gasteiger partial charge in [0.15, 0.2) is 17.2 Å². The van der Waals surface area contributed by atoms with Gasteiger partial charge in [0.2, 0.25) is 0 Å². The quantitative estimate of drug-likeness (QED) is 0.504. The normalized spacial score (nSPS) is 43.5. The van der Waals surface area contributed by atoms with Gasteiger partial charge in [-0.25, -0.2) is 0 Å². The Morgan fingerprint density at radius 2 is 2.03 bits per heavy atom. The molecule has 1 unspecified atom stereocenters. The zero-order chi connectivity index (χ0) is 22.6. The number of ketones is 2. The summed E-state index contributed by atoms with van der Waals surface area (Å²) in [5, 5.41) is 11.5. The Kier molecular flexibility index (Phi) is 5.75. The highest BCUT2D eigenvalue weighted by Gasteiger charge is 2.70. The molecule has 0 aromatic carbocycles. The molecule has 0 heterocycles. The lowest BCUT2D eigenvalue weighted by Gasteiger charge is -2.59. The summed E-state index contributed by atoms with van der Waals surface area (Å²) in [4.78, 5) is 37.7. The van der Waals surface area contributed by atoms with Gasteiger partial charge >= 0.3 is 5.97 Å². The van der Waals surface area contributed by atoms with Gasteiger partial charge in [-0.15, -0.1) is 11.6 Å². The monoisotopic (exact) mass is 448 g/mol. The molecule has 0 bridgehead atoms. The third-order valence-corrected chi connectivity index (χ3v) is 9.17. The summed E-state index contributed by atoms with van der Waals surface area (Å²) in [6.45, 7) is 6.04. The van der Waals surface area contributed by atoms with E-state index in [0.29, 0.717) is 19.3 Å². The SMILES string of the molecule is CCCC(=O)O[C@]1(C(=O)CCl)CC[C@H]2[C@@H]3CCC4=CC(=O)C=C[C@]4(C)[C@H]3C(O)C[C@@]21C. The highest BCUT2D eigenvalue weighted by molar-refractivity contribution is 6.29. The van der Waals surface area contributed by atoms with E-state index in [0.717, 1.165) is 24.8 Å². The van der Waals surface area contributed by atoms with Crippen molar-refractivity contribution in [2.45, 2.75) is 77.4 Å². The van der Waals surface area contributed by atoms with Crippen molar-refractivity contribution in [2.75, 3.05) is 5.88 Å². The smallest absolute Gasteiger partial charge is 0.306 e. The second kappa shape index (κ2) is 7.84. The number of aliphatic hydroxyl groups excluding tert-OH is 1. The van der Waals surface area contributed by atoms with Crippen molar-refractivity contribution in [3.8, 4) is 0 Å². The summed E-state index contributed by atoms with van der Waals surface area (Å²) in [6, 6.07) is 0. The summed E-state index contributed by atoms with van der Waals surface area (Å²) < 4.78 is 5.98. The lowest BCUT2D eigenvalue weighted by atomic mass is 9.46. The Morgan fingerprint density at radius 1 is 1.29 bits per heavy atom. The third-order valence-electron chi connectivity index (χ3n) is 8.93. The average Bonchev–Trinajstić information content (AvgIpc) is 3.00. The second-order valence-electron chi connectivity index (χ2n) is 10.4. The molecule has 3 fully saturated rings. The first kappa shape index (κ1) is 22.7. The van der Waals surface area contributed by atoms with Crippen LogP contribution in [-0.4, -0.2) is 40.2 Å². The highest BCUT2D eigenvalue weighted by Crippen LogP contribution is 2.67. The first-order valence-corrected chi connectivity index (χ1v) is 12.1. The molecule has 7 atom stereocenters. The van der Waals surface area contributed by atoms with Crippen LogP contribution >= 0.6 is 11.6 Å². The van der Waals surface area contributed by atoms with Gasteiger partial charge in [-0.1, -0.05) is 32.4 Å². The van der Waals surface area contributed by atoms with Crippen LogP contribution in [0, 0.1) is 28.6 Å². The molecule has 0 aromatic heterocycles. The fraction of sp³-hybridized carbons (Fsp3) is 0.720. The molecule has 0 saturated heterocycles. The number of alkyl halides is 1. The van der Waals surface area contributed by atoms with Crippen LogP contribution in [0.5, 0.6) is 0 Å². The molecule has 0 aliphatic heterocycles. The molecule has 1 N–H and O–H groups in total. The van der Waals surface area contributed by atoms with Gasteiger partial charge in [0, 0.05) is 23.2 Å². The molecule has 0 amide bonds. The van der Waals surface area contributed by atoms with E-state index in [4.69, 9.17) is 16.3 Å². The van der Waals surface area contributed by atoms with Crippen molar-refractivity contribution in [1.29, 1.82) is 0 Å². The maximum atomic E-state index is 13.2. The van der Waals surface area contributed by atoms with Gasteiger partial charge in [0.05, 0.1) is 12.0 Å². The Morgan fingerprint density at radius 3 is 2.71 bits per heavy atom. The number of allylic oxidation sites excluding steroid dienone is 4. The number of rotatable bonds is 5. The van der Waals surface area contributed by atoms with Crippen LogP contribution in [-0.2, 0) is 19.1 Å². The van der Waals surface area contributed by atoms with Crippen LogP contribution in [0.2, 0.25) is 0 Å². The van der Waals surface area contributed by atoms with Crippen LogP contribution in [0.15, 0.2) is 23.8 Å². The Labute approximate surface area is 189 Å². The minimum absolute atomic E-state index is 0.0106. The molecule has 4 aliphatic rings. The molecule has 0 aromatic rings. The average molecular weight is 449 g/mol. The van der Waals surface area contributed by atoms with Gasteiger partial charge in [0.25, 0.3) is 0 Å². The third kappa shape index (κ3) is 3.18. The number of carbonyl (C=O) groups is 3. The number of carbonyl (C=O) groups excluding carboxylic acids is 3. The first-order valence-electron chi connectivity index (χ1n) is 11.6. The van der Waals surface area contributed by atoms with Crippen LogP contribution in [0.4, 0.5) is 0 Å². The van der Waals surface area contributed by atoms with E-state index in [1.54, 1.807) is 12.2 Å². The predicted octanol–water partition coefficient (Wildman–Crippen LogP) is 4.16. The number of ether oxygens (including phenoxy) is 1.